The van der Waals surface area contributed by atoms with Crippen LogP contribution in [0.3, 0.4) is 0 Å². The van der Waals surface area contributed by atoms with Gasteiger partial charge in [-0.25, -0.2) is 4.98 Å². The van der Waals surface area contributed by atoms with Crippen molar-refractivity contribution < 1.29 is 0 Å². The topological polar surface area (TPSA) is 12.9 Å². The summed E-state index contributed by atoms with van der Waals surface area (Å²) in [7, 11) is 0. The second-order valence-corrected chi connectivity index (χ2v) is 4.52. The normalized spacial score (nSPS) is 11.1. The Morgan fingerprint density at radius 1 is 0.812 bits per heavy atom. The number of halogens is 1. The lowest BCUT2D eigenvalue weighted by atomic mass is 10.0. The molecule has 78 valence electrons. The minimum atomic E-state index is 1.02. The van der Waals surface area contributed by atoms with E-state index in [-0.39, 0.29) is 0 Å². The summed E-state index contributed by atoms with van der Waals surface area (Å²) in [5.41, 5.74) is 3.57. The van der Waals surface area contributed by atoms with Crippen LogP contribution in [0, 0.1) is 0 Å². The summed E-state index contributed by atoms with van der Waals surface area (Å²) in [5, 5.41) is 2.55. The highest BCUT2D eigenvalue weighted by Crippen LogP contribution is 2.27. The first-order valence-corrected chi connectivity index (χ1v) is 6.75. The predicted octanol–water partition coefficient (Wildman–Crippen LogP) is 4.32. The van der Waals surface area contributed by atoms with E-state index in [1.807, 2.05) is 12.1 Å². The summed E-state index contributed by atoms with van der Waals surface area (Å²) in [5.74, 6) is 0. The van der Waals surface area contributed by atoms with Crippen LogP contribution >= 0.6 is 22.6 Å². The molecule has 0 aliphatic rings. The Kier molecular flexibility index (Phi) is 2.52. The maximum atomic E-state index is 4.68. The molecule has 16 heavy (non-hydrogen) atoms. The first-order valence-electron chi connectivity index (χ1n) is 5.22. The van der Waals surface area contributed by atoms with E-state index in [1.54, 1.807) is 0 Å². The smallest absolute Gasteiger partial charge is 0.0712 e. The minimum Gasteiger partial charge on any atom is -0.248 e. The fourth-order valence-electron chi connectivity index (χ4n) is 2.07. The quantitative estimate of drug-likeness (QED) is 0.370. The number of aromatic nitrogens is 1. The second kappa shape index (κ2) is 4.01. The Bertz CT molecular complexity index is 607. The number of rotatable bonds is 1. The molecule has 0 aliphatic heterocycles. The van der Waals surface area contributed by atoms with E-state index in [9.17, 15) is 0 Å². The van der Waals surface area contributed by atoms with Crippen molar-refractivity contribution in [1.29, 1.82) is 0 Å². The monoisotopic (exact) mass is 319 g/mol. The largest absolute Gasteiger partial charge is 0.248 e. The van der Waals surface area contributed by atoms with Crippen molar-refractivity contribution in [2.45, 2.75) is 4.43 Å². The third-order valence-electron chi connectivity index (χ3n) is 2.83. The van der Waals surface area contributed by atoms with Crippen molar-refractivity contribution in [3.8, 4) is 0 Å². The Balaban J connectivity index is 2.56. The number of alkyl halides is 1. The summed E-state index contributed by atoms with van der Waals surface area (Å²) in [6.07, 6.45) is 0. The lowest BCUT2D eigenvalue weighted by molar-refractivity contribution is 1.45. The maximum Gasteiger partial charge on any atom is 0.0712 e. The van der Waals surface area contributed by atoms with Gasteiger partial charge in [-0.2, -0.15) is 0 Å². The van der Waals surface area contributed by atoms with Gasteiger partial charge in [-0.15, -0.1) is 0 Å². The molecule has 0 amide bonds. The van der Waals surface area contributed by atoms with Crippen molar-refractivity contribution in [3.05, 3.63) is 54.1 Å². The number of benzene rings is 2. The molecule has 0 saturated heterocycles. The lowest BCUT2D eigenvalue weighted by Crippen LogP contribution is -1.89. The van der Waals surface area contributed by atoms with Crippen molar-refractivity contribution in [1.82, 2.24) is 4.98 Å². The first-order chi connectivity index (χ1) is 7.90. The van der Waals surface area contributed by atoms with Crippen LogP contribution in [0.5, 0.6) is 0 Å². The lowest BCUT2D eigenvalue weighted by Gasteiger charge is -2.07. The molecular weight excluding hydrogens is 309 g/mol. The fourth-order valence-corrected chi connectivity index (χ4v) is 2.89. The molecule has 0 unspecified atom stereocenters. The summed E-state index contributed by atoms with van der Waals surface area (Å²) in [6.45, 7) is 0. The number of fused-ring (bicyclic) bond motifs is 2. The fraction of sp³-hybridized carbons (Fsp3) is 0.0714. The number of hydrogen-bond donors (Lipinski definition) is 0. The van der Waals surface area contributed by atoms with Gasteiger partial charge in [0, 0.05) is 15.2 Å². The van der Waals surface area contributed by atoms with Gasteiger partial charge in [0.2, 0.25) is 0 Å². The molecule has 0 atom stereocenters. The zero-order valence-corrected chi connectivity index (χ0v) is 10.8. The van der Waals surface area contributed by atoms with Crippen LogP contribution in [0.4, 0.5) is 0 Å². The standard InChI is InChI=1S/C14H10IN/c15-9-12-10-5-1-3-7-13(10)16-14-8-4-2-6-11(12)14/h1-8H,9H2. The van der Waals surface area contributed by atoms with Gasteiger partial charge in [0.15, 0.2) is 0 Å². The van der Waals surface area contributed by atoms with Gasteiger partial charge in [0.05, 0.1) is 11.0 Å². The highest BCUT2D eigenvalue weighted by molar-refractivity contribution is 14.1. The summed E-state index contributed by atoms with van der Waals surface area (Å²) in [4.78, 5) is 4.68. The highest BCUT2D eigenvalue weighted by Gasteiger charge is 2.06. The molecule has 3 rings (SSSR count). The van der Waals surface area contributed by atoms with Crippen LogP contribution in [0.15, 0.2) is 48.5 Å². The van der Waals surface area contributed by atoms with Gasteiger partial charge < -0.3 is 0 Å². The molecule has 0 fully saturated rings. The van der Waals surface area contributed by atoms with Gasteiger partial charge in [0.1, 0.15) is 0 Å². The van der Waals surface area contributed by atoms with E-state index < -0.39 is 0 Å². The summed E-state index contributed by atoms with van der Waals surface area (Å²) < 4.78 is 1.02. The number of hydrogen-bond acceptors (Lipinski definition) is 1. The number of nitrogens with zero attached hydrogens (tertiary/aromatic N) is 1. The molecule has 3 aromatic rings. The zero-order chi connectivity index (χ0) is 11.0. The van der Waals surface area contributed by atoms with Crippen LogP contribution < -0.4 is 0 Å². The first kappa shape index (κ1) is 10.0. The molecule has 0 spiro atoms. The predicted molar refractivity (Wildman–Crippen MR) is 77.0 cm³/mol. The zero-order valence-electron chi connectivity index (χ0n) is 8.65. The third kappa shape index (κ3) is 1.48. The van der Waals surface area contributed by atoms with Crippen LogP contribution in [0.25, 0.3) is 21.8 Å². The summed E-state index contributed by atoms with van der Waals surface area (Å²) in [6, 6.07) is 16.7. The molecule has 1 nitrogen and oxygen atoms in total. The molecule has 1 heterocycles. The van der Waals surface area contributed by atoms with E-state index in [0.29, 0.717) is 0 Å². The van der Waals surface area contributed by atoms with E-state index >= 15 is 0 Å². The molecule has 0 N–H and O–H groups in total. The Morgan fingerprint density at radius 3 is 1.81 bits per heavy atom. The molecule has 0 aliphatic carbocycles. The van der Waals surface area contributed by atoms with Gasteiger partial charge in [-0.05, 0) is 17.7 Å². The van der Waals surface area contributed by atoms with E-state index in [1.165, 1.54) is 16.3 Å². The molecule has 2 heteroatoms. The average Bonchev–Trinajstić information content (AvgIpc) is 2.36. The van der Waals surface area contributed by atoms with Crippen molar-refractivity contribution in [2.24, 2.45) is 0 Å². The van der Waals surface area contributed by atoms with E-state index in [2.05, 4.69) is 64.0 Å². The van der Waals surface area contributed by atoms with E-state index in [4.69, 9.17) is 0 Å². The molecular formula is C14H10IN. The number of pyridine rings is 1. The molecule has 0 radical (unpaired) electrons. The number of para-hydroxylation sites is 2. The Hall–Kier alpha value is -1.16. The average molecular weight is 319 g/mol. The summed E-state index contributed by atoms with van der Waals surface area (Å²) >= 11 is 2.42. The SMILES string of the molecule is ICc1c2ccccc2nc2ccccc12. The van der Waals surface area contributed by atoms with Crippen LogP contribution in [-0.2, 0) is 4.43 Å². The van der Waals surface area contributed by atoms with Crippen molar-refractivity contribution >= 4 is 44.4 Å². The maximum absolute atomic E-state index is 4.68. The van der Waals surface area contributed by atoms with Crippen LogP contribution in [0.2, 0.25) is 0 Å². The third-order valence-corrected chi connectivity index (χ3v) is 3.60. The van der Waals surface area contributed by atoms with Crippen molar-refractivity contribution in [2.75, 3.05) is 0 Å². The van der Waals surface area contributed by atoms with E-state index in [0.717, 1.165) is 15.5 Å². The second-order valence-electron chi connectivity index (χ2n) is 3.76. The van der Waals surface area contributed by atoms with Gasteiger partial charge in [-0.3, -0.25) is 0 Å². The molecule has 0 bridgehead atoms. The Labute approximate surface area is 108 Å². The molecule has 0 saturated carbocycles. The highest BCUT2D eigenvalue weighted by atomic mass is 127. The van der Waals surface area contributed by atoms with Crippen LogP contribution in [0.1, 0.15) is 5.56 Å². The minimum absolute atomic E-state index is 1.02. The molecule has 1 aromatic heterocycles. The van der Waals surface area contributed by atoms with Crippen LogP contribution in [-0.4, -0.2) is 4.98 Å². The van der Waals surface area contributed by atoms with Crippen molar-refractivity contribution in [3.63, 3.8) is 0 Å². The van der Waals surface area contributed by atoms with Gasteiger partial charge >= 0.3 is 0 Å². The Morgan fingerprint density at radius 2 is 1.31 bits per heavy atom. The van der Waals surface area contributed by atoms with Gasteiger partial charge in [-0.1, -0.05) is 59.0 Å². The molecule has 2 aromatic carbocycles. The van der Waals surface area contributed by atoms with Gasteiger partial charge in [0.25, 0.3) is 0 Å².